The molecule has 2 heteroatoms. The molecule has 28 heavy (non-hydrogen) atoms. The molecular weight excluding hydrogens is 355 g/mol. The molecule has 0 unspecified atom stereocenters. The zero-order valence-corrected chi connectivity index (χ0v) is 18.7. The van der Waals surface area contributed by atoms with Gasteiger partial charge in [0.2, 0.25) is 0 Å². The summed E-state index contributed by atoms with van der Waals surface area (Å²) >= 11 is -1.38. The van der Waals surface area contributed by atoms with Gasteiger partial charge in [0.1, 0.15) is 0 Å². The van der Waals surface area contributed by atoms with Crippen molar-refractivity contribution in [3.05, 3.63) is 78.9 Å². The summed E-state index contributed by atoms with van der Waals surface area (Å²) in [7, 11) is 0. The number of rotatable bonds is 8. The SMILES string of the molecule is CC(C)[CH2][Al]([CH2]C(C)C)[O]c1c(-c2ccccc2)cccc1-c1ccccc1. The molecule has 0 atom stereocenters. The first kappa shape index (κ1) is 20.7. The minimum absolute atomic E-state index is 0.666. The summed E-state index contributed by atoms with van der Waals surface area (Å²) in [6.07, 6.45) is 0. The van der Waals surface area contributed by atoms with Crippen LogP contribution in [0.1, 0.15) is 27.7 Å². The van der Waals surface area contributed by atoms with Crippen molar-refractivity contribution < 1.29 is 3.79 Å². The number of hydrogen-bond donors (Lipinski definition) is 0. The van der Waals surface area contributed by atoms with Crippen LogP contribution in [0.5, 0.6) is 5.75 Å². The van der Waals surface area contributed by atoms with E-state index in [1.807, 2.05) is 0 Å². The van der Waals surface area contributed by atoms with Crippen LogP contribution < -0.4 is 3.79 Å². The van der Waals surface area contributed by atoms with E-state index < -0.39 is 14.5 Å². The minimum Gasteiger partial charge on any atom is -0.642 e. The van der Waals surface area contributed by atoms with Gasteiger partial charge in [-0.3, -0.25) is 0 Å². The predicted molar refractivity (Wildman–Crippen MR) is 123 cm³/mol. The van der Waals surface area contributed by atoms with Gasteiger partial charge in [0.25, 0.3) is 0 Å². The third-order valence-electron chi connectivity index (χ3n) is 4.94. The summed E-state index contributed by atoms with van der Waals surface area (Å²) in [6.45, 7) is 9.24. The molecule has 0 amide bonds. The lowest BCUT2D eigenvalue weighted by atomic mass is 9.97. The summed E-state index contributed by atoms with van der Waals surface area (Å²) in [5, 5.41) is 2.41. The standard InChI is InChI=1S/C18H14O.2C4H9.Al/c19-18-16(14-8-3-1-4-9-14)12-7-13-17(18)15-10-5-2-6-11-15;2*1-4(2)3;/h1-13,19H;2*4H,1H2,2-3H3;/q;;;+1/p-1. The normalized spacial score (nSPS) is 11.1. The number of benzene rings is 3. The molecule has 3 aromatic rings. The van der Waals surface area contributed by atoms with Crippen LogP contribution in [0.25, 0.3) is 22.3 Å². The highest BCUT2D eigenvalue weighted by Gasteiger charge is 2.28. The summed E-state index contributed by atoms with van der Waals surface area (Å²) in [5.74, 6) is 2.40. The van der Waals surface area contributed by atoms with Gasteiger partial charge in [-0.25, -0.2) is 0 Å². The largest absolute Gasteiger partial charge is 0.642 e. The Balaban J connectivity index is 2.09. The Bertz CT molecular complexity index is 788. The zero-order valence-electron chi connectivity index (χ0n) is 17.6. The molecule has 0 bridgehead atoms. The molecular formula is C26H31AlO. The van der Waals surface area contributed by atoms with E-state index in [2.05, 4.69) is 107 Å². The van der Waals surface area contributed by atoms with Gasteiger partial charge in [0.05, 0.1) is 5.75 Å². The maximum atomic E-state index is 6.95. The second kappa shape index (κ2) is 9.97. The Hall–Kier alpha value is -2.01. The van der Waals surface area contributed by atoms with E-state index in [1.54, 1.807) is 0 Å². The fourth-order valence-electron chi connectivity index (χ4n) is 3.76. The van der Waals surface area contributed by atoms with E-state index in [4.69, 9.17) is 3.79 Å². The van der Waals surface area contributed by atoms with Gasteiger partial charge in [-0.05, 0) is 11.1 Å². The lowest BCUT2D eigenvalue weighted by Gasteiger charge is -2.24. The van der Waals surface area contributed by atoms with E-state index in [-0.39, 0.29) is 0 Å². The van der Waals surface area contributed by atoms with Crippen LogP contribution >= 0.6 is 0 Å². The lowest BCUT2D eigenvalue weighted by molar-refractivity contribution is 0.529. The molecule has 0 radical (unpaired) electrons. The van der Waals surface area contributed by atoms with E-state index in [9.17, 15) is 0 Å². The van der Waals surface area contributed by atoms with Crippen molar-refractivity contribution in [3.8, 4) is 28.0 Å². The Labute approximate surface area is 175 Å². The molecule has 0 aliphatic heterocycles. The van der Waals surface area contributed by atoms with Gasteiger partial charge in [0, 0.05) is 11.1 Å². The summed E-state index contributed by atoms with van der Waals surface area (Å²) in [5.41, 5.74) is 4.84. The van der Waals surface area contributed by atoms with Crippen LogP contribution in [-0.4, -0.2) is 14.5 Å². The monoisotopic (exact) mass is 386 g/mol. The Morgan fingerprint density at radius 2 is 1.04 bits per heavy atom. The topological polar surface area (TPSA) is 9.23 Å². The number of hydrogen-bond acceptors (Lipinski definition) is 1. The van der Waals surface area contributed by atoms with Crippen LogP contribution in [0.3, 0.4) is 0 Å². The molecule has 0 heterocycles. The molecule has 3 aromatic carbocycles. The molecule has 0 aliphatic carbocycles. The van der Waals surface area contributed by atoms with Gasteiger partial charge < -0.3 is 3.79 Å². The van der Waals surface area contributed by atoms with Crippen molar-refractivity contribution in [1.29, 1.82) is 0 Å². The zero-order chi connectivity index (χ0) is 19.9. The highest BCUT2D eigenvalue weighted by atomic mass is 27.2. The van der Waals surface area contributed by atoms with Crippen molar-refractivity contribution in [2.75, 3.05) is 0 Å². The van der Waals surface area contributed by atoms with Gasteiger partial charge in [-0.1, -0.05) is 129 Å². The van der Waals surface area contributed by atoms with Crippen molar-refractivity contribution in [2.45, 2.75) is 38.3 Å². The first-order valence-corrected chi connectivity index (χ1v) is 12.6. The molecule has 1 nitrogen and oxygen atoms in total. The van der Waals surface area contributed by atoms with E-state index in [1.165, 1.54) is 32.8 Å². The average Bonchev–Trinajstić information content (AvgIpc) is 2.68. The summed E-state index contributed by atoms with van der Waals surface area (Å²) in [6, 6.07) is 27.8. The van der Waals surface area contributed by atoms with Crippen LogP contribution in [0.4, 0.5) is 0 Å². The quantitative estimate of drug-likeness (QED) is 0.360. The molecule has 3 rings (SSSR count). The van der Waals surface area contributed by atoms with Crippen LogP contribution in [0, 0.1) is 11.8 Å². The molecule has 0 N–H and O–H groups in total. The van der Waals surface area contributed by atoms with Crippen molar-refractivity contribution in [1.82, 2.24) is 0 Å². The minimum atomic E-state index is -1.38. The third-order valence-corrected chi connectivity index (χ3v) is 8.44. The van der Waals surface area contributed by atoms with Crippen molar-refractivity contribution in [2.24, 2.45) is 11.8 Å². The Morgan fingerprint density at radius 3 is 1.43 bits per heavy atom. The average molecular weight is 387 g/mol. The molecule has 0 fully saturated rings. The maximum absolute atomic E-state index is 6.95. The first-order chi connectivity index (χ1) is 13.5. The van der Waals surface area contributed by atoms with Crippen LogP contribution in [-0.2, 0) is 0 Å². The third kappa shape index (κ3) is 5.51. The van der Waals surface area contributed by atoms with Gasteiger partial charge in [-0.2, -0.15) is 0 Å². The van der Waals surface area contributed by atoms with Gasteiger partial charge in [0.15, 0.2) is 0 Å². The highest BCUT2D eigenvalue weighted by Crippen LogP contribution is 2.40. The highest BCUT2D eigenvalue weighted by molar-refractivity contribution is 6.53. The molecule has 0 spiro atoms. The predicted octanol–water partition coefficient (Wildman–Crippen LogP) is 7.70. The fourth-order valence-corrected chi connectivity index (χ4v) is 6.84. The second-order valence-corrected chi connectivity index (χ2v) is 10.8. The van der Waals surface area contributed by atoms with Crippen LogP contribution in [0.15, 0.2) is 78.9 Å². The first-order valence-electron chi connectivity index (χ1n) is 10.4. The smallest absolute Gasteiger partial charge is 0.547 e. The molecule has 0 saturated heterocycles. The lowest BCUT2D eigenvalue weighted by Crippen LogP contribution is -2.26. The fraction of sp³-hybridized carbons (Fsp3) is 0.308. The second-order valence-electron chi connectivity index (χ2n) is 8.41. The van der Waals surface area contributed by atoms with Crippen LogP contribution in [0.2, 0.25) is 10.6 Å². The molecule has 0 aromatic heterocycles. The Morgan fingerprint density at radius 1 is 0.607 bits per heavy atom. The van der Waals surface area contributed by atoms with Gasteiger partial charge in [-0.15, -0.1) is 0 Å². The molecule has 0 aliphatic rings. The van der Waals surface area contributed by atoms with E-state index >= 15 is 0 Å². The maximum Gasteiger partial charge on any atom is 0.547 e. The van der Waals surface area contributed by atoms with Crippen molar-refractivity contribution in [3.63, 3.8) is 0 Å². The Kier molecular flexibility index (Phi) is 7.38. The molecule has 144 valence electrons. The summed E-state index contributed by atoms with van der Waals surface area (Å²) < 4.78 is 6.95. The van der Waals surface area contributed by atoms with Crippen molar-refractivity contribution >= 4 is 14.5 Å². The van der Waals surface area contributed by atoms with E-state index in [0.29, 0.717) is 11.8 Å². The van der Waals surface area contributed by atoms with Gasteiger partial charge >= 0.3 is 14.5 Å². The summed E-state index contributed by atoms with van der Waals surface area (Å²) in [4.78, 5) is 0. The number of para-hydroxylation sites is 1. The van der Waals surface area contributed by atoms with E-state index in [0.717, 1.165) is 5.75 Å². The molecule has 0 saturated carbocycles.